The number of aromatic nitrogens is 1. The van der Waals surface area contributed by atoms with E-state index in [2.05, 4.69) is 67.3 Å². The predicted molar refractivity (Wildman–Crippen MR) is 167 cm³/mol. The van der Waals surface area contributed by atoms with Crippen molar-refractivity contribution in [1.82, 2.24) is 15.2 Å². The molecule has 2 unspecified atom stereocenters. The molecule has 1 saturated heterocycles. The van der Waals surface area contributed by atoms with Gasteiger partial charge in [-0.05, 0) is 74.6 Å². The van der Waals surface area contributed by atoms with E-state index in [1.54, 1.807) is 0 Å². The van der Waals surface area contributed by atoms with Crippen LogP contribution in [0.2, 0.25) is 0 Å². The van der Waals surface area contributed by atoms with Gasteiger partial charge in [-0.2, -0.15) is 0 Å². The number of piperidine rings is 1. The molecule has 1 aromatic heterocycles. The Morgan fingerprint density at radius 2 is 1.95 bits per heavy atom. The lowest BCUT2D eigenvalue weighted by Gasteiger charge is -2.26. The first kappa shape index (κ1) is 33.0. The molecule has 1 aliphatic rings. The Morgan fingerprint density at radius 3 is 2.47 bits per heavy atom. The van der Waals surface area contributed by atoms with Gasteiger partial charge >= 0.3 is 0 Å². The first-order valence-electron chi connectivity index (χ1n) is 13.8. The van der Waals surface area contributed by atoms with E-state index in [0.717, 1.165) is 70.9 Å². The van der Waals surface area contributed by atoms with Crippen LogP contribution in [0.15, 0.2) is 66.3 Å². The van der Waals surface area contributed by atoms with Gasteiger partial charge in [0.2, 0.25) is 0 Å². The van der Waals surface area contributed by atoms with E-state index in [4.69, 9.17) is 4.98 Å². The number of β-amino-alcohol motifs (C(OH)–C–C–N with tert-alkyl or cyclic N) is 1. The summed E-state index contributed by atoms with van der Waals surface area (Å²) in [6.07, 6.45) is 10.1. The number of hydrogen-bond donors (Lipinski definition) is 2. The molecule has 0 radical (unpaired) electrons. The first-order valence-corrected chi connectivity index (χ1v) is 13.8. The van der Waals surface area contributed by atoms with E-state index in [9.17, 15) is 5.11 Å². The molecule has 0 spiro atoms. The number of pyridine rings is 1. The fraction of sp³-hybridized carbons (Fsp3) is 0.455. The molecule has 2 atom stereocenters. The maximum Gasteiger partial charge on any atom is 0.0735 e. The summed E-state index contributed by atoms with van der Waals surface area (Å²) in [5, 5.41) is 12.5. The summed E-state index contributed by atoms with van der Waals surface area (Å²) in [5.74, 6) is 0.547. The number of benzene rings is 1. The van der Waals surface area contributed by atoms with Gasteiger partial charge in [0.1, 0.15) is 0 Å². The number of aryl methyl sites for hydroxylation is 2. The zero-order valence-corrected chi connectivity index (χ0v) is 25.2. The molecule has 0 aliphatic carbocycles. The minimum Gasteiger partial charge on any atom is -0.392 e. The van der Waals surface area contributed by atoms with E-state index < -0.39 is 0 Å². The molecule has 38 heavy (non-hydrogen) atoms. The Bertz CT molecular complexity index is 1100. The van der Waals surface area contributed by atoms with Crippen LogP contribution in [-0.4, -0.2) is 61.0 Å². The van der Waals surface area contributed by atoms with Crippen LogP contribution >= 0.6 is 0 Å². The summed E-state index contributed by atoms with van der Waals surface area (Å²) < 4.78 is 0. The van der Waals surface area contributed by atoms with Gasteiger partial charge in [-0.25, -0.2) is 0 Å². The Hall–Kier alpha value is -3.02. The third kappa shape index (κ3) is 9.70. The number of nitrogens with zero attached hydrogens (tertiary/aromatic N) is 3. The highest BCUT2D eigenvalue weighted by molar-refractivity contribution is 6.09. The van der Waals surface area contributed by atoms with Crippen LogP contribution < -0.4 is 5.32 Å². The van der Waals surface area contributed by atoms with Gasteiger partial charge in [-0.1, -0.05) is 64.1 Å². The number of hydrogen-bond acceptors (Lipinski definition) is 5. The number of allylic oxidation sites excluding steroid dienone is 4. The molecular weight excluding hydrogens is 468 g/mol. The number of nitrogens with one attached hydrogen (secondary N) is 1. The second kappa shape index (κ2) is 17.5. The van der Waals surface area contributed by atoms with Gasteiger partial charge in [0.25, 0.3) is 0 Å². The number of aliphatic hydroxyl groups excluding tert-OH is 1. The molecule has 1 fully saturated rings. The van der Waals surface area contributed by atoms with Crippen LogP contribution in [0.25, 0.3) is 16.8 Å². The maximum atomic E-state index is 9.31. The molecule has 2 N–H and O–H groups in total. The topological polar surface area (TPSA) is 60.8 Å². The average Bonchev–Trinajstić information content (AvgIpc) is 2.93. The molecule has 2 heterocycles. The third-order valence-corrected chi connectivity index (χ3v) is 6.45. The first-order chi connectivity index (χ1) is 18.2. The number of aliphatic hydroxyl groups is 1. The van der Waals surface area contributed by atoms with Crippen LogP contribution in [0.1, 0.15) is 62.9 Å². The fourth-order valence-electron chi connectivity index (χ4n) is 4.44. The van der Waals surface area contributed by atoms with Gasteiger partial charge in [-0.3, -0.25) is 9.98 Å². The molecule has 1 aromatic carbocycles. The van der Waals surface area contributed by atoms with Crippen LogP contribution in [0.5, 0.6) is 0 Å². The van der Waals surface area contributed by atoms with Crippen molar-refractivity contribution < 1.29 is 5.11 Å². The van der Waals surface area contributed by atoms with Gasteiger partial charge in [0.15, 0.2) is 0 Å². The van der Waals surface area contributed by atoms with Crippen molar-refractivity contribution in [1.29, 1.82) is 0 Å². The molecule has 0 amide bonds. The summed E-state index contributed by atoms with van der Waals surface area (Å²) >= 11 is 0. The largest absolute Gasteiger partial charge is 0.392 e. The maximum absolute atomic E-state index is 9.31. The molecule has 208 valence electrons. The number of rotatable bonds is 7. The zero-order chi connectivity index (χ0) is 28.7. The summed E-state index contributed by atoms with van der Waals surface area (Å²) in [6.45, 7) is 18.1. The molecule has 2 aromatic rings. The molecular formula is C33H50N4O. The quantitative estimate of drug-likeness (QED) is 0.311. The lowest BCUT2D eigenvalue weighted by atomic mass is 9.93. The Balaban J connectivity index is 0.000000548. The molecule has 5 nitrogen and oxygen atoms in total. The van der Waals surface area contributed by atoms with Crippen LogP contribution in [-0.2, 0) is 0 Å². The van der Waals surface area contributed by atoms with Gasteiger partial charge in [0, 0.05) is 50.7 Å². The highest BCUT2D eigenvalue weighted by Gasteiger charge is 2.20. The van der Waals surface area contributed by atoms with Crippen molar-refractivity contribution in [2.75, 3.05) is 34.2 Å². The van der Waals surface area contributed by atoms with Crippen LogP contribution in [0.3, 0.4) is 0 Å². The summed E-state index contributed by atoms with van der Waals surface area (Å²) in [4.78, 5) is 11.3. The van der Waals surface area contributed by atoms with E-state index >= 15 is 0 Å². The van der Waals surface area contributed by atoms with Gasteiger partial charge < -0.3 is 15.3 Å². The highest BCUT2D eigenvalue weighted by atomic mass is 16.3. The molecule has 0 saturated carbocycles. The standard InChI is InChI=1S/C24H29N3.C7H15NO.C2H6/c1-8-11-23(25-5)22-14-17(3)24(26-18(22)4)21-13-10-12-20(15-21)19(9-2)16-27(6)7;1-2-6-3-4-8-5-7(6)9;1-2/h8-16H,2H2,1,3-7H3;6-9H,2-5H2,1H3;1-2H3/b11-8-,19-16+,25-23?;;. The lowest BCUT2D eigenvalue weighted by Crippen LogP contribution is -2.40. The normalized spacial score (nSPS) is 17.7. The minimum absolute atomic E-state index is 0.0938. The molecule has 0 bridgehead atoms. The fourth-order valence-corrected chi connectivity index (χ4v) is 4.44. The smallest absolute Gasteiger partial charge is 0.0735 e. The average molecular weight is 519 g/mol. The molecule has 1 aliphatic heterocycles. The summed E-state index contributed by atoms with van der Waals surface area (Å²) in [6, 6.07) is 10.6. The second-order valence-corrected chi connectivity index (χ2v) is 9.46. The Morgan fingerprint density at radius 1 is 1.24 bits per heavy atom. The SMILES string of the molecule is C=C/C(=C\N(C)C)c1cccc(-c2nc(C)c(C(/C=C\C)=NC)cc2C)c1.CC.CCC1CCNCC1O. The Labute approximate surface area is 232 Å². The predicted octanol–water partition coefficient (Wildman–Crippen LogP) is 6.84. The van der Waals surface area contributed by atoms with E-state index in [1.165, 1.54) is 0 Å². The number of aliphatic imine (C=N–C) groups is 1. The van der Waals surface area contributed by atoms with Gasteiger partial charge in [-0.15, -0.1) is 0 Å². The van der Waals surface area contributed by atoms with E-state index in [1.807, 2.05) is 72.0 Å². The highest BCUT2D eigenvalue weighted by Crippen LogP contribution is 2.27. The van der Waals surface area contributed by atoms with Crippen molar-refractivity contribution in [2.24, 2.45) is 10.9 Å². The third-order valence-electron chi connectivity index (χ3n) is 6.45. The lowest BCUT2D eigenvalue weighted by molar-refractivity contribution is 0.0799. The monoisotopic (exact) mass is 518 g/mol. The van der Waals surface area contributed by atoms with Crippen molar-refractivity contribution in [3.05, 3.63) is 83.7 Å². The van der Waals surface area contributed by atoms with Crippen molar-refractivity contribution in [3.63, 3.8) is 0 Å². The van der Waals surface area contributed by atoms with E-state index in [-0.39, 0.29) is 6.10 Å². The minimum atomic E-state index is -0.0938. The van der Waals surface area contributed by atoms with Crippen molar-refractivity contribution in [3.8, 4) is 11.3 Å². The van der Waals surface area contributed by atoms with E-state index in [0.29, 0.717) is 5.92 Å². The van der Waals surface area contributed by atoms with Crippen LogP contribution in [0.4, 0.5) is 0 Å². The zero-order valence-electron chi connectivity index (χ0n) is 25.2. The second-order valence-electron chi connectivity index (χ2n) is 9.46. The van der Waals surface area contributed by atoms with Crippen molar-refractivity contribution in [2.45, 2.75) is 60.5 Å². The summed E-state index contributed by atoms with van der Waals surface area (Å²) in [5.41, 5.74) is 8.46. The molecule has 5 heteroatoms. The Kier molecular flexibility index (Phi) is 15.2. The van der Waals surface area contributed by atoms with Crippen LogP contribution in [0, 0.1) is 19.8 Å². The molecule has 3 rings (SSSR count). The van der Waals surface area contributed by atoms with Crippen molar-refractivity contribution >= 4 is 11.3 Å². The summed E-state index contributed by atoms with van der Waals surface area (Å²) in [7, 11) is 5.84. The van der Waals surface area contributed by atoms with Gasteiger partial charge in [0.05, 0.1) is 17.5 Å².